The fourth-order valence-electron chi connectivity index (χ4n) is 2.82. The number of carbonyl (C=O) groups is 2. The summed E-state index contributed by atoms with van der Waals surface area (Å²) in [7, 11) is -1.72. The van der Waals surface area contributed by atoms with Gasteiger partial charge < -0.3 is 10.1 Å². The smallest absolute Gasteiger partial charge is 0.354 e. The van der Waals surface area contributed by atoms with Gasteiger partial charge in [-0.05, 0) is 36.4 Å². The third kappa shape index (κ3) is 5.79. The van der Waals surface area contributed by atoms with Gasteiger partial charge in [0, 0.05) is 0 Å². The maximum Gasteiger partial charge on any atom is 0.354 e. The lowest BCUT2D eigenvalue weighted by atomic mass is 10.1. The fourth-order valence-corrected chi connectivity index (χ4v) is 6.02. The second-order valence-electron chi connectivity index (χ2n) is 7.71. The minimum absolute atomic E-state index is 0.202. The first-order valence-electron chi connectivity index (χ1n) is 8.62. The Balaban J connectivity index is 5.95. The molecule has 1 N–H and O–H groups in total. The van der Waals surface area contributed by atoms with Gasteiger partial charge in [-0.15, -0.1) is 0 Å². The van der Waals surface area contributed by atoms with Crippen molar-refractivity contribution in [3.05, 3.63) is 11.3 Å². The lowest BCUT2D eigenvalue weighted by Crippen LogP contribution is -2.43. The van der Waals surface area contributed by atoms with Gasteiger partial charge in [0.2, 0.25) is 6.41 Å². The standard InChI is InChI=1S/C18H35NO3Si/c1-9-11-12-15(23(7,8)18(4,5)6)14(3)16(19-13-20)17(21)22-10-2/h13,15H,9-12H2,1-8H3,(H,19,20)/b16-14+/t15-/m0/s1. The summed E-state index contributed by atoms with van der Waals surface area (Å²) >= 11 is 0. The van der Waals surface area contributed by atoms with E-state index in [1.165, 1.54) is 0 Å². The average Bonchev–Trinajstić information content (AvgIpc) is 2.43. The van der Waals surface area contributed by atoms with E-state index in [0.717, 1.165) is 24.8 Å². The van der Waals surface area contributed by atoms with Gasteiger partial charge >= 0.3 is 5.97 Å². The van der Waals surface area contributed by atoms with Crippen LogP contribution in [0.15, 0.2) is 11.3 Å². The van der Waals surface area contributed by atoms with Crippen LogP contribution in [-0.2, 0) is 14.3 Å². The summed E-state index contributed by atoms with van der Waals surface area (Å²) < 4.78 is 5.13. The van der Waals surface area contributed by atoms with Crippen LogP contribution < -0.4 is 5.32 Å². The summed E-state index contributed by atoms with van der Waals surface area (Å²) in [6.07, 6.45) is 3.85. The van der Waals surface area contributed by atoms with Crippen molar-refractivity contribution in [3.8, 4) is 0 Å². The molecule has 0 heterocycles. The third-order valence-electron chi connectivity index (χ3n) is 5.25. The molecule has 0 rings (SSSR count). The van der Waals surface area contributed by atoms with Gasteiger partial charge in [-0.2, -0.15) is 0 Å². The lowest BCUT2D eigenvalue weighted by molar-refractivity contribution is -0.139. The van der Waals surface area contributed by atoms with Crippen molar-refractivity contribution in [3.63, 3.8) is 0 Å². The zero-order chi connectivity index (χ0) is 18.3. The number of allylic oxidation sites excluding steroid dienone is 1. The van der Waals surface area contributed by atoms with E-state index in [0.29, 0.717) is 24.3 Å². The Kier molecular flexibility index (Phi) is 8.81. The molecule has 0 aliphatic rings. The predicted octanol–water partition coefficient (Wildman–Crippen LogP) is 4.64. The lowest BCUT2D eigenvalue weighted by Gasteiger charge is -2.44. The molecule has 0 aromatic heterocycles. The molecular formula is C18H35NO3Si. The number of nitrogens with one attached hydrogen (secondary N) is 1. The molecule has 0 saturated carbocycles. The van der Waals surface area contributed by atoms with Crippen LogP contribution in [0.25, 0.3) is 0 Å². The van der Waals surface area contributed by atoms with Gasteiger partial charge in [0.05, 0.1) is 14.7 Å². The van der Waals surface area contributed by atoms with Crippen molar-refractivity contribution in [1.29, 1.82) is 0 Å². The van der Waals surface area contributed by atoms with E-state index in [2.05, 4.69) is 46.1 Å². The molecule has 0 radical (unpaired) electrons. The monoisotopic (exact) mass is 341 g/mol. The Labute approximate surface area is 143 Å². The molecule has 1 atom stereocenters. The molecule has 0 bridgehead atoms. The molecule has 4 nitrogen and oxygen atoms in total. The molecule has 134 valence electrons. The zero-order valence-electron chi connectivity index (χ0n) is 16.2. The highest BCUT2D eigenvalue weighted by molar-refractivity contribution is 6.82. The first kappa shape index (κ1) is 21.9. The molecule has 0 aromatic carbocycles. The summed E-state index contributed by atoms with van der Waals surface area (Å²) in [4.78, 5) is 23.2. The van der Waals surface area contributed by atoms with Crippen LogP contribution >= 0.6 is 0 Å². The third-order valence-corrected chi connectivity index (χ3v) is 11.6. The van der Waals surface area contributed by atoms with Crippen molar-refractivity contribution in [2.24, 2.45) is 0 Å². The number of amides is 1. The molecule has 0 aliphatic heterocycles. The normalized spacial score (nSPS) is 14.8. The van der Waals surface area contributed by atoms with Crippen molar-refractivity contribution in [2.75, 3.05) is 6.61 Å². The molecule has 0 spiro atoms. The Morgan fingerprint density at radius 2 is 1.83 bits per heavy atom. The number of carbonyl (C=O) groups excluding carboxylic acids is 2. The molecule has 0 fully saturated rings. The minimum Gasteiger partial charge on any atom is -0.461 e. The van der Waals surface area contributed by atoms with E-state index in [9.17, 15) is 9.59 Å². The van der Waals surface area contributed by atoms with Crippen molar-refractivity contribution >= 4 is 20.5 Å². The van der Waals surface area contributed by atoms with Gasteiger partial charge in [-0.25, -0.2) is 4.79 Å². The summed E-state index contributed by atoms with van der Waals surface area (Å²) in [5.41, 5.74) is 1.62. The maximum atomic E-state index is 12.2. The van der Waals surface area contributed by atoms with Crippen LogP contribution in [0, 0.1) is 0 Å². The topological polar surface area (TPSA) is 55.4 Å². The minimum atomic E-state index is -1.72. The van der Waals surface area contributed by atoms with Crippen LogP contribution in [0.4, 0.5) is 0 Å². The molecule has 0 aliphatic carbocycles. The van der Waals surface area contributed by atoms with E-state index < -0.39 is 14.0 Å². The molecule has 23 heavy (non-hydrogen) atoms. The molecule has 0 aromatic rings. The quantitative estimate of drug-likeness (QED) is 0.288. The van der Waals surface area contributed by atoms with Crippen LogP contribution in [0.3, 0.4) is 0 Å². The average molecular weight is 342 g/mol. The van der Waals surface area contributed by atoms with E-state index in [1.807, 2.05) is 6.92 Å². The Hall–Kier alpha value is -1.10. The highest BCUT2D eigenvalue weighted by atomic mass is 28.3. The number of unbranched alkanes of at least 4 members (excludes halogenated alkanes) is 1. The summed E-state index contributed by atoms with van der Waals surface area (Å²) in [5.74, 6) is -0.433. The van der Waals surface area contributed by atoms with Crippen LogP contribution in [0.2, 0.25) is 23.7 Å². The van der Waals surface area contributed by atoms with Crippen LogP contribution in [0.1, 0.15) is 60.8 Å². The predicted molar refractivity (Wildman–Crippen MR) is 99.0 cm³/mol. The summed E-state index contributed by atoms with van der Waals surface area (Å²) in [6.45, 7) is 17.8. The van der Waals surface area contributed by atoms with E-state index >= 15 is 0 Å². The van der Waals surface area contributed by atoms with E-state index in [-0.39, 0.29) is 5.04 Å². The molecule has 0 saturated heterocycles. The maximum absolute atomic E-state index is 12.2. The summed E-state index contributed by atoms with van der Waals surface area (Å²) in [5, 5.41) is 2.80. The number of esters is 1. The second-order valence-corrected chi connectivity index (χ2v) is 13.3. The van der Waals surface area contributed by atoms with Crippen LogP contribution in [-0.4, -0.2) is 27.1 Å². The first-order chi connectivity index (χ1) is 10.5. The fraction of sp³-hybridized carbons (Fsp3) is 0.778. The van der Waals surface area contributed by atoms with Gasteiger partial charge in [0.15, 0.2) is 0 Å². The Morgan fingerprint density at radius 1 is 1.26 bits per heavy atom. The van der Waals surface area contributed by atoms with Gasteiger partial charge in [0.1, 0.15) is 5.70 Å². The number of rotatable bonds is 9. The number of ether oxygens (including phenoxy) is 1. The molecule has 0 unspecified atom stereocenters. The van der Waals surface area contributed by atoms with Crippen molar-refractivity contribution in [1.82, 2.24) is 5.32 Å². The largest absolute Gasteiger partial charge is 0.461 e. The van der Waals surface area contributed by atoms with Crippen LogP contribution in [0.5, 0.6) is 0 Å². The van der Waals surface area contributed by atoms with E-state index in [4.69, 9.17) is 4.74 Å². The molecule has 1 amide bonds. The number of hydrogen-bond acceptors (Lipinski definition) is 3. The first-order valence-corrected chi connectivity index (χ1v) is 11.7. The molecular weight excluding hydrogens is 306 g/mol. The van der Waals surface area contributed by atoms with Crippen molar-refractivity contribution < 1.29 is 14.3 Å². The highest BCUT2D eigenvalue weighted by Crippen LogP contribution is 2.49. The van der Waals surface area contributed by atoms with Crippen molar-refractivity contribution in [2.45, 2.75) is 84.5 Å². The van der Waals surface area contributed by atoms with Gasteiger partial charge in [-0.3, -0.25) is 4.79 Å². The Bertz CT molecular complexity index is 436. The SMILES string of the molecule is CCCC[C@@H](/C(C)=C(/NC=O)C(=O)OCC)[Si](C)(C)C(C)(C)C. The van der Waals surface area contributed by atoms with E-state index in [1.54, 1.807) is 6.92 Å². The van der Waals surface area contributed by atoms with Gasteiger partial charge in [0.25, 0.3) is 0 Å². The summed E-state index contributed by atoms with van der Waals surface area (Å²) in [6, 6.07) is 0. The number of hydrogen-bond donors (Lipinski definition) is 1. The second kappa shape index (κ2) is 9.26. The highest BCUT2D eigenvalue weighted by Gasteiger charge is 2.43. The zero-order valence-corrected chi connectivity index (χ0v) is 17.2. The molecule has 5 heteroatoms. The van der Waals surface area contributed by atoms with Gasteiger partial charge in [-0.1, -0.05) is 53.6 Å². The Morgan fingerprint density at radius 3 is 2.22 bits per heavy atom.